The molecule has 2 aromatic carbocycles. The molecular formula is C14H8ClNO2S. The van der Waals surface area contributed by atoms with Crippen LogP contribution in [0.1, 0.15) is 15.4 Å². The fourth-order valence-corrected chi connectivity index (χ4v) is 2.95. The highest BCUT2D eigenvalue weighted by molar-refractivity contribution is 7.20. The maximum absolute atomic E-state index is 12.3. The molecule has 0 amide bonds. The third kappa shape index (κ3) is 2.20. The Morgan fingerprint density at radius 1 is 1.21 bits per heavy atom. The number of hydrogen-bond acceptors (Lipinski definition) is 4. The molecule has 0 saturated carbocycles. The average molecular weight is 290 g/mol. The van der Waals surface area contributed by atoms with Crippen LogP contribution in [0.15, 0.2) is 42.5 Å². The lowest BCUT2D eigenvalue weighted by Crippen LogP contribution is -2.00. The van der Waals surface area contributed by atoms with Crippen LogP contribution < -0.4 is 0 Å². The van der Waals surface area contributed by atoms with E-state index < -0.39 is 0 Å². The van der Waals surface area contributed by atoms with Crippen molar-refractivity contribution in [3.63, 3.8) is 0 Å². The molecule has 0 aliphatic carbocycles. The SMILES string of the molecule is O=C(c1nc2ccc(O)cc2s1)c1ccccc1Cl. The summed E-state index contributed by atoms with van der Waals surface area (Å²) < 4.78 is 0.774. The van der Waals surface area contributed by atoms with E-state index in [1.54, 1.807) is 42.5 Å². The minimum Gasteiger partial charge on any atom is -0.508 e. The van der Waals surface area contributed by atoms with E-state index in [4.69, 9.17) is 11.6 Å². The summed E-state index contributed by atoms with van der Waals surface area (Å²) in [6.07, 6.45) is 0. The fourth-order valence-electron chi connectivity index (χ4n) is 1.77. The predicted molar refractivity (Wildman–Crippen MR) is 76.2 cm³/mol. The van der Waals surface area contributed by atoms with E-state index >= 15 is 0 Å². The number of aromatic nitrogens is 1. The van der Waals surface area contributed by atoms with E-state index in [0.717, 1.165) is 4.70 Å². The quantitative estimate of drug-likeness (QED) is 0.728. The summed E-state index contributed by atoms with van der Waals surface area (Å²) in [5, 5.41) is 10.2. The number of benzene rings is 2. The molecule has 0 fully saturated rings. The number of phenols is 1. The van der Waals surface area contributed by atoms with E-state index in [1.165, 1.54) is 11.3 Å². The minimum absolute atomic E-state index is 0.160. The van der Waals surface area contributed by atoms with Crippen molar-refractivity contribution in [1.29, 1.82) is 0 Å². The molecule has 0 bridgehead atoms. The van der Waals surface area contributed by atoms with Gasteiger partial charge in [0.2, 0.25) is 5.78 Å². The maximum atomic E-state index is 12.3. The van der Waals surface area contributed by atoms with E-state index in [-0.39, 0.29) is 11.5 Å². The third-order valence-corrected chi connectivity index (χ3v) is 4.03. The predicted octanol–water partition coefficient (Wildman–Crippen LogP) is 3.89. The summed E-state index contributed by atoms with van der Waals surface area (Å²) in [6.45, 7) is 0. The molecule has 94 valence electrons. The zero-order valence-electron chi connectivity index (χ0n) is 9.63. The molecule has 0 spiro atoms. The molecule has 1 aromatic heterocycles. The van der Waals surface area contributed by atoms with Gasteiger partial charge in [-0.15, -0.1) is 11.3 Å². The van der Waals surface area contributed by atoms with Gasteiger partial charge in [-0.05, 0) is 30.3 Å². The molecule has 3 rings (SSSR count). The van der Waals surface area contributed by atoms with Crippen molar-refractivity contribution in [2.75, 3.05) is 0 Å². The number of ketones is 1. The Bertz CT molecular complexity index is 782. The second-order valence-corrected chi connectivity index (χ2v) is 5.42. The third-order valence-electron chi connectivity index (χ3n) is 2.68. The van der Waals surface area contributed by atoms with Gasteiger partial charge in [-0.3, -0.25) is 4.79 Å². The topological polar surface area (TPSA) is 50.2 Å². The first kappa shape index (κ1) is 12.1. The number of thiazole rings is 1. The van der Waals surface area contributed by atoms with Gasteiger partial charge in [-0.25, -0.2) is 4.98 Å². The number of rotatable bonds is 2. The molecule has 0 aliphatic heterocycles. The van der Waals surface area contributed by atoms with E-state index in [1.807, 2.05) is 0 Å². The Balaban J connectivity index is 2.09. The summed E-state index contributed by atoms with van der Waals surface area (Å²) >= 11 is 7.25. The van der Waals surface area contributed by atoms with Gasteiger partial charge in [0.25, 0.3) is 0 Å². The van der Waals surface area contributed by atoms with Crippen LogP contribution >= 0.6 is 22.9 Å². The van der Waals surface area contributed by atoms with Gasteiger partial charge in [0.15, 0.2) is 5.01 Å². The molecule has 0 saturated heterocycles. The zero-order chi connectivity index (χ0) is 13.4. The number of phenolic OH excluding ortho intramolecular Hbond substituents is 1. The monoisotopic (exact) mass is 289 g/mol. The second kappa shape index (κ2) is 4.64. The van der Waals surface area contributed by atoms with Crippen molar-refractivity contribution >= 4 is 38.9 Å². The summed E-state index contributed by atoms with van der Waals surface area (Å²) in [7, 11) is 0. The lowest BCUT2D eigenvalue weighted by atomic mass is 10.1. The molecule has 0 aliphatic rings. The Morgan fingerprint density at radius 3 is 2.79 bits per heavy atom. The van der Waals surface area contributed by atoms with Crippen LogP contribution in [-0.4, -0.2) is 15.9 Å². The van der Waals surface area contributed by atoms with Gasteiger partial charge >= 0.3 is 0 Å². The van der Waals surface area contributed by atoms with Crippen molar-refractivity contribution in [2.24, 2.45) is 0 Å². The van der Waals surface area contributed by atoms with Crippen LogP contribution in [0.5, 0.6) is 5.75 Å². The van der Waals surface area contributed by atoms with Gasteiger partial charge in [-0.1, -0.05) is 23.7 Å². The minimum atomic E-state index is -0.203. The standard InChI is InChI=1S/C14H8ClNO2S/c15-10-4-2-1-3-9(10)13(18)14-16-11-6-5-8(17)7-12(11)19-14/h1-7,17H. The zero-order valence-corrected chi connectivity index (χ0v) is 11.2. The van der Waals surface area contributed by atoms with Gasteiger partial charge < -0.3 is 5.11 Å². The van der Waals surface area contributed by atoms with Crippen molar-refractivity contribution < 1.29 is 9.90 Å². The number of fused-ring (bicyclic) bond motifs is 1. The highest BCUT2D eigenvalue weighted by Gasteiger charge is 2.16. The molecule has 19 heavy (non-hydrogen) atoms. The summed E-state index contributed by atoms with van der Waals surface area (Å²) in [5.74, 6) is -0.0424. The van der Waals surface area contributed by atoms with Crippen LogP contribution in [0.25, 0.3) is 10.2 Å². The number of carbonyl (C=O) groups is 1. The normalized spacial score (nSPS) is 10.8. The van der Waals surface area contributed by atoms with Crippen molar-refractivity contribution in [2.45, 2.75) is 0 Å². The van der Waals surface area contributed by atoms with E-state index in [9.17, 15) is 9.90 Å². The number of aromatic hydroxyl groups is 1. The van der Waals surface area contributed by atoms with Gasteiger partial charge in [-0.2, -0.15) is 0 Å². The molecule has 0 radical (unpaired) electrons. The first-order valence-corrected chi connectivity index (χ1v) is 6.73. The smallest absolute Gasteiger partial charge is 0.223 e. The largest absolute Gasteiger partial charge is 0.508 e. The van der Waals surface area contributed by atoms with E-state index in [2.05, 4.69) is 4.98 Å². The lowest BCUT2D eigenvalue weighted by molar-refractivity contribution is 0.103. The Hall–Kier alpha value is -1.91. The number of nitrogens with zero attached hydrogens (tertiary/aromatic N) is 1. The average Bonchev–Trinajstić information content (AvgIpc) is 2.81. The first-order valence-electron chi connectivity index (χ1n) is 5.54. The maximum Gasteiger partial charge on any atom is 0.223 e. The van der Waals surface area contributed by atoms with Crippen molar-refractivity contribution in [1.82, 2.24) is 4.98 Å². The van der Waals surface area contributed by atoms with Gasteiger partial charge in [0, 0.05) is 5.56 Å². The molecule has 3 nitrogen and oxygen atoms in total. The van der Waals surface area contributed by atoms with Crippen LogP contribution in [0.3, 0.4) is 0 Å². The number of carbonyl (C=O) groups excluding carboxylic acids is 1. The lowest BCUT2D eigenvalue weighted by Gasteiger charge is -1.99. The molecule has 1 N–H and O–H groups in total. The second-order valence-electron chi connectivity index (χ2n) is 3.98. The molecule has 0 unspecified atom stereocenters. The van der Waals surface area contributed by atoms with Crippen LogP contribution in [0.2, 0.25) is 5.02 Å². The number of hydrogen-bond donors (Lipinski definition) is 1. The molecule has 3 aromatic rings. The highest BCUT2D eigenvalue weighted by Crippen LogP contribution is 2.28. The molecule has 1 heterocycles. The summed E-state index contributed by atoms with van der Waals surface area (Å²) in [4.78, 5) is 16.6. The Kier molecular flexibility index (Phi) is 2.97. The summed E-state index contributed by atoms with van der Waals surface area (Å²) in [6, 6.07) is 11.7. The highest BCUT2D eigenvalue weighted by atomic mass is 35.5. The van der Waals surface area contributed by atoms with E-state index in [0.29, 0.717) is 21.1 Å². The van der Waals surface area contributed by atoms with Crippen LogP contribution in [0.4, 0.5) is 0 Å². The number of halogens is 1. The Labute approximate surface area is 118 Å². The first-order chi connectivity index (χ1) is 9.15. The van der Waals surface area contributed by atoms with Crippen molar-refractivity contribution in [3.8, 4) is 5.75 Å². The van der Waals surface area contributed by atoms with Crippen molar-refractivity contribution in [3.05, 3.63) is 58.1 Å². The van der Waals surface area contributed by atoms with Gasteiger partial charge in [0.1, 0.15) is 5.75 Å². The summed E-state index contributed by atoms with van der Waals surface area (Å²) in [5.41, 5.74) is 1.13. The van der Waals surface area contributed by atoms with Crippen LogP contribution in [0, 0.1) is 0 Å². The fraction of sp³-hybridized carbons (Fsp3) is 0. The Morgan fingerprint density at radius 2 is 2.00 bits per heavy atom. The van der Waals surface area contributed by atoms with Crippen LogP contribution in [-0.2, 0) is 0 Å². The molecule has 0 atom stereocenters. The van der Waals surface area contributed by atoms with Gasteiger partial charge in [0.05, 0.1) is 15.2 Å². The molecular weight excluding hydrogens is 282 g/mol. The molecule has 5 heteroatoms.